The molecule has 3 N–H and O–H groups in total. The molecule has 0 saturated heterocycles. The lowest BCUT2D eigenvalue weighted by atomic mass is 10.1. The topological polar surface area (TPSA) is 64.3 Å². The van der Waals surface area contributed by atoms with Crippen LogP contribution in [0.1, 0.15) is 22.8 Å². The number of nitrogens with one attached hydrogen (secondary N) is 1. The minimum Gasteiger partial charge on any atom is -0.492 e. The Morgan fingerprint density at radius 1 is 1.23 bits per heavy atom. The van der Waals surface area contributed by atoms with E-state index in [0.29, 0.717) is 36.6 Å². The van der Waals surface area contributed by atoms with Crippen molar-refractivity contribution >= 4 is 11.6 Å². The molecular formula is C17H19FN2O2. The Bertz CT molecular complexity index is 642. The predicted octanol–water partition coefficient (Wildman–Crippen LogP) is 2.78. The Labute approximate surface area is 129 Å². The van der Waals surface area contributed by atoms with E-state index in [4.69, 9.17) is 10.5 Å². The van der Waals surface area contributed by atoms with Gasteiger partial charge in [-0.2, -0.15) is 0 Å². The molecule has 0 saturated carbocycles. The Kier molecular flexibility index (Phi) is 5.36. The quantitative estimate of drug-likeness (QED) is 0.806. The van der Waals surface area contributed by atoms with E-state index >= 15 is 0 Å². The number of nitrogens with two attached hydrogens (primary N) is 1. The zero-order valence-electron chi connectivity index (χ0n) is 12.4. The molecule has 0 spiro atoms. The third kappa shape index (κ3) is 4.22. The average Bonchev–Trinajstić information content (AvgIpc) is 2.51. The van der Waals surface area contributed by atoms with Crippen LogP contribution < -0.4 is 15.8 Å². The van der Waals surface area contributed by atoms with Gasteiger partial charge in [0.1, 0.15) is 11.6 Å². The van der Waals surface area contributed by atoms with Crippen LogP contribution in [0, 0.1) is 5.82 Å². The molecule has 5 heteroatoms. The molecule has 0 unspecified atom stereocenters. The molecule has 0 fully saturated rings. The van der Waals surface area contributed by atoms with Gasteiger partial charge in [0, 0.05) is 12.1 Å². The fourth-order valence-corrected chi connectivity index (χ4v) is 2.05. The molecule has 2 aromatic rings. The number of carbonyl (C=O) groups excluding carboxylic acids is 1. The van der Waals surface area contributed by atoms with Crippen LogP contribution in [0.15, 0.2) is 42.5 Å². The number of nitrogen functional groups attached to an aromatic ring is 1. The van der Waals surface area contributed by atoms with E-state index < -0.39 is 0 Å². The summed E-state index contributed by atoms with van der Waals surface area (Å²) in [5.74, 6) is 0.111. The Balaban J connectivity index is 1.89. The molecule has 22 heavy (non-hydrogen) atoms. The van der Waals surface area contributed by atoms with Gasteiger partial charge < -0.3 is 15.8 Å². The van der Waals surface area contributed by atoms with E-state index in [2.05, 4.69) is 5.32 Å². The standard InChI is InChI=1S/C17H19FN2O2/c1-2-22-16-8-5-13(11-15(16)19)17(21)20-10-9-12-3-6-14(18)7-4-12/h3-8,11H,2,9-10,19H2,1H3,(H,20,21). The SMILES string of the molecule is CCOc1ccc(C(=O)NCCc2ccc(F)cc2)cc1N. The van der Waals surface area contributed by atoms with Crippen molar-refractivity contribution in [2.75, 3.05) is 18.9 Å². The van der Waals surface area contributed by atoms with E-state index in [1.54, 1.807) is 30.3 Å². The van der Waals surface area contributed by atoms with Gasteiger partial charge in [0.2, 0.25) is 0 Å². The lowest BCUT2D eigenvalue weighted by Gasteiger charge is -2.09. The van der Waals surface area contributed by atoms with Gasteiger partial charge in [0.05, 0.1) is 12.3 Å². The summed E-state index contributed by atoms with van der Waals surface area (Å²) >= 11 is 0. The first kappa shape index (κ1) is 15.8. The molecule has 0 bridgehead atoms. The van der Waals surface area contributed by atoms with Crippen molar-refractivity contribution in [1.29, 1.82) is 0 Å². The largest absolute Gasteiger partial charge is 0.492 e. The Morgan fingerprint density at radius 2 is 1.95 bits per heavy atom. The number of anilines is 1. The minimum atomic E-state index is -0.266. The second-order valence-corrected chi connectivity index (χ2v) is 4.82. The summed E-state index contributed by atoms with van der Waals surface area (Å²) in [6.45, 7) is 2.86. The van der Waals surface area contributed by atoms with Crippen molar-refractivity contribution in [3.8, 4) is 5.75 Å². The number of hydrogen-bond donors (Lipinski definition) is 2. The highest BCUT2D eigenvalue weighted by molar-refractivity contribution is 5.95. The average molecular weight is 302 g/mol. The van der Waals surface area contributed by atoms with Crippen molar-refractivity contribution in [1.82, 2.24) is 5.32 Å². The minimum absolute atomic E-state index is 0.197. The summed E-state index contributed by atoms with van der Waals surface area (Å²) in [4.78, 5) is 12.0. The summed E-state index contributed by atoms with van der Waals surface area (Å²) in [7, 11) is 0. The maximum Gasteiger partial charge on any atom is 0.251 e. The van der Waals surface area contributed by atoms with E-state index in [9.17, 15) is 9.18 Å². The molecule has 0 aliphatic carbocycles. The van der Waals surface area contributed by atoms with Crippen molar-refractivity contribution in [2.45, 2.75) is 13.3 Å². The van der Waals surface area contributed by atoms with Gasteiger partial charge in [-0.25, -0.2) is 4.39 Å². The second kappa shape index (κ2) is 7.45. The van der Waals surface area contributed by atoms with Gasteiger partial charge >= 0.3 is 0 Å². The zero-order chi connectivity index (χ0) is 15.9. The van der Waals surface area contributed by atoms with Gasteiger partial charge in [0.15, 0.2) is 0 Å². The van der Waals surface area contributed by atoms with Crippen LogP contribution >= 0.6 is 0 Å². The molecule has 4 nitrogen and oxygen atoms in total. The smallest absolute Gasteiger partial charge is 0.251 e. The van der Waals surface area contributed by atoms with Crippen LogP contribution in [0.25, 0.3) is 0 Å². The summed E-state index contributed by atoms with van der Waals surface area (Å²) in [5, 5.41) is 2.81. The maximum absolute atomic E-state index is 12.8. The van der Waals surface area contributed by atoms with Crippen LogP contribution in [0.2, 0.25) is 0 Å². The van der Waals surface area contributed by atoms with Crippen molar-refractivity contribution in [3.63, 3.8) is 0 Å². The first-order chi connectivity index (χ1) is 10.6. The fourth-order valence-electron chi connectivity index (χ4n) is 2.05. The van der Waals surface area contributed by atoms with Gasteiger partial charge in [-0.05, 0) is 49.2 Å². The molecule has 2 aromatic carbocycles. The van der Waals surface area contributed by atoms with Crippen molar-refractivity contribution < 1.29 is 13.9 Å². The summed E-state index contributed by atoms with van der Waals surface area (Å²) < 4.78 is 18.1. The Hall–Kier alpha value is -2.56. The number of ether oxygens (including phenoxy) is 1. The molecule has 2 rings (SSSR count). The fraction of sp³-hybridized carbons (Fsp3) is 0.235. The number of halogens is 1. The number of rotatable bonds is 6. The van der Waals surface area contributed by atoms with Crippen LogP contribution in [0.4, 0.5) is 10.1 Å². The first-order valence-electron chi connectivity index (χ1n) is 7.15. The number of amides is 1. The molecule has 0 aromatic heterocycles. The Morgan fingerprint density at radius 3 is 2.59 bits per heavy atom. The van der Waals surface area contributed by atoms with Gasteiger partial charge in [-0.1, -0.05) is 12.1 Å². The van der Waals surface area contributed by atoms with Gasteiger partial charge in [-0.3, -0.25) is 4.79 Å². The highest BCUT2D eigenvalue weighted by atomic mass is 19.1. The van der Waals surface area contributed by atoms with Crippen LogP contribution in [-0.4, -0.2) is 19.1 Å². The molecule has 0 aliphatic heterocycles. The summed E-state index contributed by atoms with van der Waals surface area (Å²) in [6, 6.07) is 11.2. The van der Waals surface area contributed by atoms with E-state index in [-0.39, 0.29) is 11.7 Å². The summed E-state index contributed by atoms with van der Waals surface area (Å²) in [6.07, 6.45) is 0.637. The van der Waals surface area contributed by atoms with E-state index in [1.165, 1.54) is 12.1 Å². The molecule has 1 amide bonds. The third-order valence-corrected chi connectivity index (χ3v) is 3.18. The lowest BCUT2D eigenvalue weighted by molar-refractivity contribution is 0.0954. The van der Waals surface area contributed by atoms with E-state index in [1.807, 2.05) is 6.92 Å². The van der Waals surface area contributed by atoms with Crippen LogP contribution in [0.5, 0.6) is 5.75 Å². The monoisotopic (exact) mass is 302 g/mol. The summed E-state index contributed by atoms with van der Waals surface area (Å²) in [5.41, 5.74) is 7.73. The molecule has 0 atom stereocenters. The number of benzene rings is 2. The van der Waals surface area contributed by atoms with Crippen LogP contribution in [0.3, 0.4) is 0 Å². The predicted molar refractivity (Wildman–Crippen MR) is 84.5 cm³/mol. The van der Waals surface area contributed by atoms with Gasteiger partial charge in [0.25, 0.3) is 5.91 Å². The first-order valence-corrected chi connectivity index (χ1v) is 7.15. The van der Waals surface area contributed by atoms with Crippen LogP contribution in [-0.2, 0) is 6.42 Å². The number of carbonyl (C=O) groups is 1. The molecule has 116 valence electrons. The van der Waals surface area contributed by atoms with E-state index in [0.717, 1.165) is 5.56 Å². The maximum atomic E-state index is 12.8. The lowest BCUT2D eigenvalue weighted by Crippen LogP contribution is -2.25. The number of hydrogen-bond acceptors (Lipinski definition) is 3. The molecular weight excluding hydrogens is 283 g/mol. The highest BCUT2D eigenvalue weighted by Gasteiger charge is 2.08. The molecule has 0 radical (unpaired) electrons. The molecule has 0 aliphatic rings. The molecule has 0 heterocycles. The zero-order valence-corrected chi connectivity index (χ0v) is 12.4. The van der Waals surface area contributed by atoms with Gasteiger partial charge in [-0.15, -0.1) is 0 Å². The third-order valence-electron chi connectivity index (χ3n) is 3.18. The van der Waals surface area contributed by atoms with Crippen molar-refractivity contribution in [3.05, 3.63) is 59.4 Å². The highest BCUT2D eigenvalue weighted by Crippen LogP contribution is 2.22. The normalized spacial score (nSPS) is 10.3. The van der Waals surface area contributed by atoms with Crippen molar-refractivity contribution in [2.24, 2.45) is 0 Å². The second-order valence-electron chi connectivity index (χ2n) is 4.82.